The van der Waals surface area contributed by atoms with Crippen LogP contribution in [0.5, 0.6) is 5.75 Å². The zero-order chi connectivity index (χ0) is 16.2. The van der Waals surface area contributed by atoms with Crippen LogP contribution < -0.4 is 4.74 Å². The summed E-state index contributed by atoms with van der Waals surface area (Å²) in [5, 5.41) is 9.69. The van der Waals surface area contributed by atoms with Crippen molar-refractivity contribution in [1.82, 2.24) is 0 Å². The van der Waals surface area contributed by atoms with Gasteiger partial charge >= 0.3 is 0 Å². The van der Waals surface area contributed by atoms with Crippen molar-refractivity contribution >= 4 is 22.8 Å². The van der Waals surface area contributed by atoms with Gasteiger partial charge in [-0.2, -0.15) is 5.26 Å². The molecule has 0 aliphatic carbocycles. The predicted octanol–water partition coefficient (Wildman–Crippen LogP) is 4.21. The number of nitriles is 1. The molecule has 4 nitrogen and oxygen atoms in total. The maximum absolute atomic E-state index is 12.3. The Morgan fingerprint density at radius 1 is 1.22 bits per heavy atom. The van der Waals surface area contributed by atoms with Crippen LogP contribution in [0.1, 0.15) is 21.7 Å². The van der Waals surface area contributed by atoms with Crippen LogP contribution in [-0.4, -0.2) is 12.9 Å². The summed E-state index contributed by atoms with van der Waals surface area (Å²) in [6.45, 7) is 0. The van der Waals surface area contributed by atoms with E-state index in [1.165, 1.54) is 6.08 Å². The SMILES string of the molecule is COc1cccc2cc(C(=O)/C=C/c3cccc(C#N)c3)oc12. The van der Waals surface area contributed by atoms with E-state index in [0.717, 1.165) is 10.9 Å². The lowest BCUT2D eigenvalue weighted by molar-refractivity contribution is 0.102. The Hall–Kier alpha value is -3.32. The minimum absolute atomic E-state index is 0.245. The van der Waals surface area contributed by atoms with Crippen LogP contribution in [0.2, 0.25) is 0 Å². The molecule has 0 bridgehead atoms. The Bertz CT molecular complexity index is 945. The summed E-state index contributed by atoms with van der Waals surface area (Å²) in [6, 6.07) is 16.3. The number of methoxy groups -OCH3 is 1. The van der Waals surface area contributed by atoms with Gasteiger partial charge in [-0.25, -0.2) is 0 Å². The fraction of sp³-hybridized carbons (Fsp3) is 0.0526. The van der Waals surface area contributed by atoms with Gasteiger partial charge in [0.25, 0.3) is 0 Å². The van der Waals surface area contributed by atoms with Crippen molar-refractivity contribution < 1.29 is 13.9 Å². The molecule has 0 aliphatic heterocycles. The Morgan fingerprint density at radius 3 is 2.83 bits per heavy atom. The Labute approximate surface area is 133 Å². The number of fused-ring (bicyclic) bond motifs is 1. The van der Waals surface area contributed by atoms with Crippen LogP contribution in [0, 0.1) is 11.3 Å². The number of furan rings is 1. The summed E-state index contributed by atoms with van der Waals surface area (Å²) in [4.78, 5) is 12.3. The second kappa shape index (κ2) is 6.20. The van der Waals surface area contributed by atoms with Crippen LogP contribution in [0.3, 0.4) is 0 Å². The number of para-hydroxylation sites is 1. The standard InChI is InChI=1S/C19H13NO3/c1-22-17-7-3-6-15-11-18(23-19(15)17)16(21)9-8-13-4-2-5-14(10-13)12-20/h2-11H,1H3/b9-8+. The third-order valence-electron chi connectivity index (χ3n) is 3.41. The van der Waals surface area contributed by atoms with Crippen LogP contribution in [0.4, 0.5) is 0 Å². The highest BCUT2D eigenvalue weighted by atomic mass is 16.5. The van der Waals surface area contributed by atoms with Crippen LogP contribution in [0.25, 0.3) is 17.0 Å². The van der Waals surface area contributed by atoms with Crippen molar-refractivity contribution in [3.63, 3.8) is 0 Å². The molecule has 0 N–H and O–H groups in total. The lowest BCUT2D eigenvalue weighted by Gasteiger charge is -1.98. The molecule has 0 saturated carbocycles. The summed E-state index contributed by atoms with van der Waals surface area (Å²) in [6.07, 6.45) is 3.09. The fourth-order valence-electron chi connectivity index (χ4n) is 2.28. The number of hydrogen-bond acceptors (Lipinski definition) is 4. The highest BCUT2D eigenvalue weighted by Gasteiger charge is 2.12. The third-order valence-corrected chi connectivity index (χ3v) is 3.41. The zero-order valence-corrected chi connectivity index (χ0v) is 12.4. The second-order valence-corrected chi connectivity index (χ2v) is 4.92. The number of nitrogens with zero attached hydrogens (tertiary/aromatic N) is 1. The van der Waals surface area contributed by atoms with Crippen molar-refractivity contribution in [2.45, 2.75) is 0 Å². The van der Waals surface area contributed by atoms with Crippen molar-refractivity contribution in [2.24, 2.45) is 0 Å². The summed E-state index contributed by atoms with van der Waals surface area (Å²) < 4.78 is 10.8. The van der Waals surface area contributed by atoms with E-state index < -0.39 is 0 Å². The van der Waals surface area contributed by atoms with Crippen molar-refractivity contribution in [2.75, 3.05) is 7.11 Å². The molecule has 0 amide bonds. The summed E-state index contributed by atoms with van der Waals surface area (Å²) in [5.74, 6) is 0.593. The number of carbonyl (C=O) groups is 1. The minimum Gasteiger partial charge on any atom is -0.493 e. The van der Waals surface area contributed by atoms with Crippen molar-refractivity contribution in [3.05, 3.63) is 71.5 Å². The summed E-state index contributed by atoms with van der Waals surface area (Å²) >= 11 is 0. The maximum atomic E-state index is 12.3. The number of ether oxygens (including phenoxy) is 1. The molecule has 1 heterocycles. The number of rotatable bonds is 4. The van der Waals surface area contributed by atoms with Gasteiger partial charge in [0.05, 0.1) is 18.7 Å². The smallest absolute Gasteiger partial charge is 0.221 e. The first-order valence-corrected chi connectivity index (χ1v) is 7.00. The third kappa shape index (κ3) is 2.99. The van der Waals surface area contributed by atoms with Crippen LogP contribution in [-0.2, 0) is 0 Å². The van der Waals surface area contributed by atoms with E-state index in [-0.39, 0.29) is 11.5 Å². The van der Waals surface area contributed by atoms with Gasteiger partial charge in [0.1, 0.15) is 0 Å². The number of ketones is 1. The number of benzene rings is 2. The Morgan fingerprint density at radius 2 is 2.04 bits per heavy atom. The molecule has 1 aromatic heterocycles. The molecule has 0 aliphatic rings. The quantitative estimate of drug-likeness (QED) is 0.535. The molecular formula is C19H13NO3. The van der Waals surface area contributed by atoms with Crippen molar-refractivity contribution in [1.29, 1.82) is 5.26 Å². The number of allylic oxidation sites excluding steroid dienone is 1. The monoisotopic (exact) mass is 303 g/mol. The first-order valence-electron chi connectivity index (χ1n) is 7.00. The normalized spacial score (nSPS) is 10.8. The maximum Gasteiger partial charge on any atom is 0.221 e. The van der Waals surface area contributed by atoms with E-state index in [9.17, 15) is 4.79 Å². The molecule has 0 spiro atoms. The number of hydrogen-bond donors (Lipinski definition) is 0. The molecule has 4 heteroatoms. The zero-order valence-electron chi connectivity index (χ0n) is 12.4. The number of carbonyl (C=O) groups excluding carboxylic acids is 1. The Balaban J connectivity index is 1.88. The van der Waals surface area contributed by atoms with E-state index in [1.807, 2.05) is 18.2 Å². The molecular weight excluding hydrogens is 290 g/mol. The van der Waals surface area contributed by atoms with E-state index in [0.29, 0.717) is 16.9 Å². The highest BCUT2D eigenvalue weighted by molar-refractivity contribution is 6.07. The van der Waals surface area contributed by atoms with Gasteiger partial charge in [0, 0.05) is 5.39 Å². The molecule has 23 heavy (non-hydrogen) atoms. The van der Waals surface area contributed by atoms with Gasteiger partial charge < -0.3 is 9.15 Å². The lowest BCUT2D eigenvalue weighted by Crippen LogP contribution is -1.90. The molecule has 3 aromatic rings. The predicted molar refractivity (Wildman–Crippen MR) is 87.3 cm³/mol. The lowest BCUT2D eigenvalue weighted by atomic mass is 10.1. The molecule has 2 aromatic carbocycles. The van der Waals surface area contributed by atoms with Gasteiger partial charge in [-0.1, -0.05) is 30.3 Å². The Kier molecular flexibility index (Phi) is 3.94. The summed E-state index contributed by atoms with van der Waals surface area (Å²) in [5.41, 5.74) is 1.89. The summed E-state index contributed by atoms with van der Waals surface area (Å²) in [7, 11) is 1.56. The molecule has 0 atom stereocenters. The fourth-order valence-corrected chi connectivity index (χ4v) is 2.28. The van der Waals surface area contributed by atoms with E-state index in [1.54, 1.807) is 43.5 Å². The second-order valence-electron chi connectivity index (χ2n) is 4.92. The average Bonchev–Trinajstić information content (AvgIpc) is 3.04. The highest BCUT2D eigenvalue weighted by Crippen LogP contribution is 2.28. The molecule has 0 fully saturated rings. The average molecular weight is 303 g/mol. The molecule has 0 unspecified atom stereocenters. The van der Waals surface area contributed by atoms with Gasteiger partial charge in [-0.05, 0) is 35.9 Å². The molecule has 112 valence electrons. The topological polar surface area (TPSA) is 63.2 Å². The first-order chi connectivity index (χ1) is 11.2. The van der Waals surface area contributed by atoms with Gasteiger partial charge in [-0.15, -0.1) is 0 Å². The van der Waals surface area contributed by atoms with Gasteiger partial charge in [-0.3, -0.25) is 4.79 Å². The van der Waals surface area contributed by atoms with E-state index in [2.05, 4.69) is 6.07 Å². The first kappa shape index (κ1) is 14.6. The van der Waals surface area contributed by atoms with Gasteiger partial charge in [0.15, 0.2) is 17.1 Å². The van der Waals surface area contributed by atoms with Crippen LogP contribution >= 0.6 is 0 Å². The minimum atomic E-state index is -0.245. The largest absolute Gasteiger partial charge is 0.493 e. The van der Waals surface area contributed by atoms with Crippen molar-refractivity contribution in [3.8, 4) is 11.8 Å². The molecule has 0 saturated heterocycles. The van der Waals surface area contributed by atoms with Crippen LogP contribution in [0.15, 0.2) is 59.0 Å². The molecule has 3 rings (SSSR count). The van der Waals surface area contributed by atoms with E-state index in [4.69, 9.17) is 14.4 Å². The molecule has 0 radical (unpaired) electrons. The van der Waals surface area contributed by atoms with E-state index >= 15 is 0 Å². The van der Waals surface area contributed by atoms with Gasteiger partial charge in [0.2, 0.25) is 5.78 Å².